The monoisotopic (exact) mass is 287 g/mol. The zero-order chi connectivity index (χ0) is 14.7. The minimum Gasteiger partial charge on any atom is -0.459 e. The highest BCUT2D eigenvalue weighted by Crippen LogP contribution is 2.43. The van der Waals surface area contributed by atoms with Crippen molar-refractivity contribution in [2.75, 3.05) is 0 Å². The fourth-order valence-electron chi connectivity index (χ4n) is 3.16. The van der Waals surface area contributed by atoms with Crippen molar-refractivity contribution in [2.45, 2.75) is 50.0 Å². The van der Waals surface area contributed by atoms with E-state index in [1.165, 1.54) is 0 Å². The first-order valence-corrected chi connectivity index (χ1v) is 7.15. The number of hydrogen-bond donors (Lipinski definition) is 0. The SMILES string of the molecule is [N-]=[N+]=N[C@@H]1C[C@H]2CC[C@@](C(=O)OCc3ccccc3)(C1)O2. The molecule has 1 aromatic carbocycles. The van der Waals surface area contributed by atoms with Crippen LogP contribution in [0, 0.1) is 0 Å². The Kier molecular flexibility index (Phi) is 3.82. The number of rotatable bonds is 4. The van der Waals surface area contributed by atoms with Gasteiger partial charge >= 0.3 is 5.97 Å². The van der Waals surface area contributed by atoms with Crippen LogP contribution in [0.25, 0.3) is 10.4 Å². The van der Waals surface area contributed by atoms with Gasteiger partial charge in [-0.05, 0) is 36.8 Å². The predicted molar refractivity (Wildman–Crippen MR) is 75.2 cm³/mol. The maximum atomic E-state index is 12.4. The van der Waals surface area contributed by atoms with Crippen molar-refractivity contribution in [1.29, 1.82) is 0 Å². The Morgan fingerprint density at radius 1 is 1.48 bits per heavy atom. The van der Waals surface area contributed by atoms with Gasteiger partial charge in [0.25, 0.3) is 0 Å². The molecule has 0 unspecified atom stereocenters. The number of benzene rings is 1. The molecule has 21 heavy (non-hydrogen) atoms. The topological polar surface area (TPSA) is 84.3 Å². The van der Waals surface area contributed by atoms with E-state index in [0.29, 0.717) is 19.3 Å². The van der Waals surface area contributed by atoms with Crippen LogP contribution in [0.1, 0.15) is 31.2 Å². The van der Waals surface area contributed by atoms with Crippen LogP contribution in [0.4, 0.5) is 0 Å². The number of azide groups is 1. The van der Waals surface area contributed by atoms with Gasteiger partial charge in [-0.25, -0.2) is 4.79 Å². The molecule has 0 spiro atoms. The number of carbonyl (C=O) groups is 1. The van der Waals surface area contributed by atoms with Gasteiger partial charge in [0.2, 0.25) is 0 Å². The van der Waals surface area contributed by atoms with Gasteiger partial charge in [0.05, 0.1) is 6.10 Å². The summed E-state index contributed by atoms with van der Waals surface area (Å²) in [4.78, 5) is 15.3. The van der Waals surface area contributed by atoms with Gasteiger partial charge in [-0.15, -0.1) is 0 Å². The molecule has 2 aliphatic rings. The maximum absolute atomic E-state index is 12.4. The van der Waals surface area contributed by atoms with Crippen molar-refractivity contribution in [3.05, 3.63) is 46.3 Å². The summed E-state index contributed by atoms with van der Waals surface area (Å²) in [7, 11) is 0. The third kappa shape index (κ3) is 2.86. The lowest BCUT2D eigenvalue weighted by molar-refractivity contribution is -0.179. The molecule has 0 N–H and O–H groups in total. The molecule has 6 heteroatoms. The van der Waals surface area contributed by atoms with Gasteiger partial charge in [0.1, 0.15) is 6.61 Å². The van der Waals surface area contributed by atoms with Crippen molar-refractivity contribution in [3.63, 3.8) is 0 Å². The average molecular weight is 287 g/mol. The van der Waals surface area contributed by atoms with Crippen LogP contribution in [0.3, 0.4) is 0 Å². The molecule has 1 aromatic rings. The first-order valence-electron chi connectivity index (χ1n) is 7.15. The molecule has 3 rings (SSSR count). The molecule has 0 saturated carbocycles. The van der Waals surface area contributed by atoms with Crippen LogP contribution in [0.5, 0.6) is 0 Å². The summed E-state index contributed by atoms with van der Waals surface area (Å²) >= 11 is 0. The van der Waals surface area contributed by atoms with Gasteiger partial charge in [-0.2, -0.15) is 0 Å². The van der Waals surface area contributed by atoms with Crippen molar-refractivity contribution < 1.29 is 14.3 Å². The molecule has 2 heterocycles. The van der Waals surface area contributed by atoms with E-state index in [4.69, 9.17) is 15.0 Å². The Bertz CT molecular complexity index is 571. The number of hydrogen-bond acceptors (Lipinski definition) is 4. The molecule has 0 amide bonds. The molecule has 2 saturated heterocycles. The van der Waals surface area contributed by atoms with Crippen LogP contribution in [-0.4, -0.2) is 23.7 Å². The van der Waals surface area contributed by atoms with E-state index in [9.17, 15) is 4.79 Å². The summed E-state index contributed by atoms with van der Waals surface area (Å²) < 4.78 is 11.3. The number of carbonyl (C=O) groups excluding carboxylic acids is 1. The molecular formula is C15H17N3O3. The summed E-state index contributed by atoms with van der Waals surface area (Å²) in [5, 5.41) is 3.76. The second-order valence-electron chi connectivity index (χ2n) is 5.63. The Labute approximate surface area is 122 Å². The summed E-state index contributed by atoms with van der Waals surface area (Å²) in [6.45, 7) is 0.238. The highest BCUT2D eigenvalue weighted by Gasteiger charge is 2.52. The van der Waals surface area contributed by atoms with Crippen molar-refractivity contribution >= 4 is 5.97 Å². The Hall–Kier alpha value is -2.04. The van der Waals surface area contributed by atoms with E-state index in [0.717, 1.165) is 12.0 Å². The molecule has 6 nitrogen and oxygen atoms in total. The third-order valence-corrected chi connectivity index (χ3v) is 4.16. The quantitative estimate of drug-likeness (QED) is 0.369. The highest BCUT2D eigenvalue weighted by atomic mass is 16.6. The van der Waals surface area contributed by atoms with E-state index in [2.05, 4.69) is 10.0 Å². The Balaban J connectivity index is 1.67. The molecule has 0 aliphatic carbocycles. The molecule has 0 aromatic heterocycles. The fraction of sp³-hybridized carbons (Fsp3) is 0.533. The molecular weight excluding hydrogens is 270 g/mol. The van der Waals surface area contributed by atoms with E-state index in [1.807, 2.05) is 30.3 Å². The van der Waals surface area contributed by atoms with Crippen molar-refractivity contribution in [2.24, 2.45) is 5.11 Å². The number of fused-ring (bicyclic) bond motifs is 2. The lowest BCUT2D eigenvalue weighted by Crippen LogP contribution is -2.46. The van der Waals surface area contributed by atoms with E-state index < -0.39 is 5.60 Å². The van der Waals surface area contributed by atoms with Gasteiger partial charge in [-0.1, -0.05) is 35.4 Å². The zero-order valence-electron chi connectivity index (χ0n) is 11.6. The van der Waals surface area contributed by atoms with Gasteiger partial charge < -0.3 is 9.47 Å². The number of nitrogens with zero attached hydrogens (tertiary/aromatic N) is 3. The maximum Gasteiger partial charge on any atom is 0.338 e. The molecule has 0 radical (unpaired) electrons. The highest BCUT2D eigenvalue weighted by molar-refractivity contribution is 5.80. The third-order valence-electron chi connectivity index (χ3n) is 4.16. The standard InChI is InChI=1S/C15H17N3O3/c16-18-17-12-8-13-6-7-15(9-12,21-13)14(19)20-10-11-4-2-1-3-5-11/h1-5,12-13H,6-10H2/t12-,13-,15+/m1/s1. The van der Waals surface area contributed by atoms with Crippen LogP contribution in [-0.2, 0) is 20.9 Å². The van der Waals surface area contributed by atoms with Crippen LogP contribution in [0.15, 0.2) is 35.4 Å². The minimum atomic E-state index is -0.920. The van der Waals surface area contributed by atoms with E-state index in [1.54, 1.807) is 0 Å². The largest absolute Gasteiger partial charge is 0.459 e. The molecule has 2 fully saturated rings. The molecule has 2 bridgehead atoms. The van der Waals surface area contributed by atoms with E-state index >= 15 is 0 Å². The predicted octanol–water partition coefficient (Wildman–Crippen LogP) is 3.12. The first-order chi connectivity index (χ1) is 10.2. The second kappa shape index (κ2) is 5.76. The minimum absolute atomic E-state index is 0.00137. The number of esters is 1. The smallest absolute Gasteiger partial charge is 0.338 e. The lowest BCUT2D eigenvalue weighted by atomic mass is 9.92. The molecule has 2 aliphatic heterocycles. The van der Waals surface area contributed by atoms with E-state index in [-0.39, 0.29) is 24.7 Å². The average Bonchev–Trinajstić information content (AvgIpc) is 2.82. The van der Waals surface area contributed by atoms with Crippen molar-refractivity contribution in [1.82, 2.24) is 0 Å². The van der Waals surface area contributed by atoms with Crippen LogP contribution in [0.2, 0.25) is 0 Å². The summed E-state index contributed by atoms with van der Waals surface area (Å²) in [5.41, 5.74) is 8.61. The Morgan fingerprint density at radius 3 is 3.05 bits per heavy atom. The Morgan fingerprint density at radius 2 is 2.29 bits per heavy atom. The summed E-state index contributed by atoms with van der Waals surface area (Å²) in [6, 6.07) is 9.37. The zero-order valence-corrected chi connectivity index (χ0v) is 11.6. The summed E-state index contributed by atoms with van der Waals surface area (Å²) in [6.07, 6.45) is 2.57. The normalized spacial score (nSPS) is 30.5. The van der Waals surface area contributed by atoms with Gasteiger partial charge in [0.15, 0.2) is 5.60 Å². The fourth-order valence-corrected chi connectivity index (χ4v) is 3.16. The van der Waals surface area contributed by atoms with Crippen molar-refractivity contribution in [3.8, 4) is 0 Å². The van der Waals surface area contributed by atoms with Crippen LogP contribution >= 0.6 is 0 Å². The molecule has 110 valence electrons. The van der Waals surface area contributed by atoms with Gasteiger partial charge in [-0.3, -0.25) is 0 Å². The second-order valence-corrected chi connectivity index (χ2v) is 5.63. The van der Waals surface area contributed by atoms with Crippen LogP contribution < -0.4 is 0 Å². The number of ether oxygens (including phenoxy) is 2. The van der Waals surface area contributed by atoms with Gasteiger partial charge in [0, 0.05) is 11.0 Å². The molecule has 3 atom stereocenters. The lowest BCUT2D eigenvalue weighted by Gasteiger charge is -2.34. The first kappa shape index (κ1) is 13.9. The summed E-state index contributed by atoms with van der Waals surface area (Å²) in [5.74, 6) is -0.341.